The highest BCUT2D eigenvalue weighted by molar-refractivity contribution is 9.10. The van der Waals surface area contributed by atoms with Gasteiger partial charge in [-0.1, -0.05) is 18.2 Å². The van der Waals surface area contributed by atoms with Crippen molar-refractivity contribution in [3.63, 3.8) is 0 Å². The van der Waals surface area contributed by atoms with E-state index in [1.54, 1.807) is 11.3 Å². The second kappa shape index (κ2) is 5.50. The first-order valence-electron chi connectivity index (χ1n) is 6.39. The van der Waals surface area contributed by atoms with Crippen LogP contribution in [0.5, 0.6) is 0 Å². The van der Waals surface area contributed by atoms with Crippen LogP contribution in [0.1, 0.15) is 15.9 Å². The Balaban J connectivity index is 1.97. The molecule has 1 heterocycles. The molecule has 0 radical (unpaired) electrons. The Labute approximate surface area is 134 Å². The molecule has 5 heteroatoms. The van der Waals surface area contributed by atoms with Crippen molar-refractivity contribution in [1.29, 1.82) is 0 Å². The number of aryl methyl sites for hydroxylation is 1. The number of carbonyl (C=O) groups excluding carboxylic acids is 1. The highest BCUT2D eigenvalue weighted by Crippen LogP contribution is 2.32. The van der Waals surface area contributed by atoms with Crippen molar-refractivity contribution in [3.05, 3.63) is 57.4 Å². The van der Waals surface area contributed by atoms with E-state index in [0.29, 0.717) is 16.9 Å². The standard InChI is InChI=1S/C16H13BrN2OS/c1-9-6-12(17)15(13(18)7-9)19-16(20)11-8-21-14-5-3-2-4-10(11)14/h2-8H,18H2,1H3,(H,19,20). The molecule has 0 saturated heterocycles. The number of thiophene rings is 1. The molecule has 0 aliphatic carbocycles. The minimum atomic E-state index is -0.149. The van der Waals surface area contributed by atoms with Gasteiger partial charge in [-0.3, -0.25) is 4.79 Å². The maximum Gasteiger partial charge on any atom is 0.257 e. The third-order valence-corrected chi connectivity index (χ3v) is 4.82. The van der Waals surface area contributed by atoms with Crippen LogP contribution in [-0.4, -0.2) is 5.91 Å². The molecule has 0 bridgehead atoms. The van der Waals surface area contributed by atoms with Gasteiger partial charge >= 0.3 is 0 Å². The van der Waals surface area contributed by atoms with Gasteiger partial charge in [-0.2, -0.15) is 0 Å². The number of nitrogens with two attached hydrogens (primary N) is 1. The van der Waals surface area contributed by atoms with Gasteiger partial charge in [0, 0.05) is 19.9 Å². The average molecular weight is 361 g/mol. The third kappa shape index (κ3) is 2.66. The summed E-state index contributed by atoms with van der Waals surface area (Å²) in [5.41, 5.74) is 8.87. The quantitative estimate of drug-likeness (QED) is 0.644. The fraction of sp³-hybridized carbons (Fsp3) is 0.0625. The summed E-state index contributed by atoms with van der Waals surface area (Å²) in [5.74, 6) is -0.149. The first-order valence-corrected chi connectivity index (χ1v) is 8.06. The molecule has 0 aliphatic heterocycles. The highest BCUT2D eigenvalue weighted by Gasteiger charge is 2.15. The zero-order chi connectivity index (χ0) is 15.0. The van der Waals surface area contributed by atoms with E-state index in [0.717, 1.165) is 20.1 Å². The summed E-state index contributed by atoms with van der Waals surface area (Å²) in [5, 5.41) is 5.73. The van der Waals surface area contributed by atoms with Crippen molar-refractivity contribution >= 4 is 54.6 Å². The van der Waals surface area contributed by atoms with Crippen molar-refractivity contribution < 1.29 is 4.79 Å². The predicted molar refractivity (Wildman–Crippen MR) is 93.1 cm³/mol. The van der Waals surface area contributed by atoms with E-state index in [1.807, 2.05) is 48.7 Å². The van der Waals surface area contributed by atoms with Crippen molar-refractivity contribution in [2.45, 2.75) is 6.92 Å². The van der Waals surface area contributed by atoms with Crippen molar-refractivity contribution in [1.82, 2.24) is 0 Å². The molecule has 3 N–H and O–H groups in total. The summed E-state index contributed by atoms with van der Waals surface area (Å²) in [7, 11) is 0. The molecule has 106 valence electrons. The molecule has 0 fully saturated rings. The van der Waals surface area contributed by atoms with E-state index in [9.17, 15) is 4.79 Å². The maximum atomic E-state index is 12.5. The second-order valence-electron chi connectivity index (χ2n) is 4.81. The van der Waals surface area contributed by atoms with Crippen LogP contribution in [0.2, 0.25) is 0 Å². The van der Waals surface area contributed by atoms with Crippen LogP contribution in [0.25, 0.3) is 10.1 Å². The van der Waals surface area contributed by atoms with Crippen LogP contribution in [0.3, 0.4) is 0 Å². The van der Waals surface area contributed by atoms with Crippen LogP contribution >= 0.6 is 27.3 Å². The monoisotopic (exact) mass is 360 g/mol. The molecule has 0 saturated carbocycles. The molecule has 0 aliphatic rings. The molecule has 1 amide bonds. The first kappa shape index (κ1) is 14.1. The molecule has 3 rings (SSSR count). The van der Waals surface area contributed by atoms with Gasteiger partial charge in [0.1, 0.15) is 0 Å². The van der Waals surface area contributed by atoms with E-state index in [2.05, 4.69) is 21.2 Å². The Morgan fingerprint density at radius 1 is 1.29 bits per heavy atom. The topological polar surface area (TPSA) is 55.1 Å². The van der Waals surface area contributed by atoms with E-state index in [4.69, 9.17) is 5.73 Å². The average Bonchev–Trinajstić information content (AvgIpc) is 2.86. The Kier molecular flexibility index (Phi) is 3.69. The number of rotatable bonds is 2. The summed E-state index contributed by atoms with van der Waals surface area (Å²) < 4.78 is 1.88. The summed E-state index contributed by atoms with van der Waals surface area (Å²) in [6.45, 7) is 1.96. The fourth-order valence-corrected chi connectivity index (χ4v) is 3.87. The summed E-state index contributed by atoms with van der Waals surface area (Å²) >= 11 is 5.01. The van der Waals surface area contributed by atoms with Crippen LogP contribution in [0.15, 0.2) is 46.3 Å². The second-order valence-corrected chi connectivity index (χ2v) is 6.58. The van der Waals surface area contributed by atoms with Gasteiger partial charge in [0.2, 0.25) is 0 Å². The van der Waals surface area contributed by atoms with E-state index >= 15 is 0 Å². The number of nitrogens with one attached hydrogen (secondary N) is 1. The number of hydrogen-bond donors (Lipinski definition) is 2. The Morgan fingerprint density at radius 2 is 2.05 bits per heavy atom. The van der Waals surface area contributed by atoms with Crippen molar-refractivity contribution in [3.8, 4) is 0 Å². The van der Waals surface area contributed by atoms with Crippen molar-refractivity contribution in [2.75, 3.05) is 11.1 Å². The minimum Gasteiger partial charge on any atom is -0.397 e. The molecule has 0 atom stereocenters. The molecule has 21 heavy (non-hydrogen) atoms. The van der Waals surface area contributed by atoms with Crippen LogP contribution in [-0.2, 0) is 0 Å². The van der Waals surface area contributed by atoms with Gasteiger partial charge in [0.05, 0.1) is 16.9 Å². The molecule has 3 nitrogen and oxygen atoms in total. The lowest BCUT2D eigenvalue weighted by atomic mass is 10.1. The van der Waals surface area contributed by atoms with Gasteiger partial charge in [0.15, 0.2) is 0 Å². The number of hydrogen-bond acceptors (Lipinski definition) is 3. The summed E-state index contributed by atoms with van der Waals surface area (Å²) in [6.07, 6.45) is 0. The minimum absolute atomic E-state index is 0.149. The van der Waals surface area contributed by atoms with Crippen molar-refractivity contribution in [2.24, 2.45) is 0 Å². The number of nitrogen functional groups attached to an aromatic ring is 1. The number of benzene rings is 2. The predicted octanol–water partition coefficient (Wildman–Crippen LogP) is 4.81. The molecule has 2 aromatic carbocycles. The first-order chi connectivity index (χ1) is 10.1. The van der Waals surface area contributed by atoms with E-state index in [-0.39, 0.29) is 5.91 Å². The molecule has 0 unspecified atom stereocenters. The number of amides is 1. The Hall–Kier alpha value is -1.85. The lowest BCUT2D eigenvalue weighted by Crippen LogP contribution is -2.13. The van der Waals surface area contributed by atoms with Gasteiger partial charge in [-0.15, -0.1) is 11.3 Å². The van der Waals surface area contributed by atoms with Crippen LogP contribution < -0.4 is 11.1 Å². The van der Waals surface area contributed by atoms with Gasteiger partial charge in [0.25, 0.3) is 5.91 Å². The molecular weight excluding hydrogens is 348 g/mol. The third-order valence-electron chi connectivity index (χ3n) is 3.23. The van der Waals surface area contributed by atoms with Crippen LogP contribution in [0.4, 0.5) is 11.4 Å². The zero-order valence-corrected chi connectivity index (χ0v) is 13.7. The number of anilines is 2. The van der Waals surface area contributed by atoms with Gasteiger partial charge in [-0.05, 0) is 46.6 Å². The van der Waals surface area contributed by atoms with E-state index < -0.39 is 0 Å². The normalized spacial score (nSPS) is 10.8. The van der Waals surface area contributed by atoms with Gasteiger partial charge < -0.3 is 11.1 Å². The van der Waals surface area contributed by atoms with Crippen LogP contribution in [0, 0.1) is 6.92 Å². The molecule has 0 spiro atoms. The maximum absolute atomic E-state index is 12.5. The Morgan fingerprint density at radius 3 is 2.81 bits per heavy atom. The molecular formula is C16H13BrN2OS. The number of halogens is 1. The summed E-state index contributed by atoms with van der Waals surface area (Å²) in [4.78, 5) is 12.5. The van der Waals surface area contributed by atoms with E-state index in [1.165, 1.54) is 0 Å². The smallest absolute Gasteiger partial charge is 0.257 e. The fourth-order valence-electron chi connectivity index (χ4n) is 2.24. The molecule has 3 aromatic rings. The molecule has 1 aromatic heterocycles. The Bertz CT molecular complexity index is 818. The number of carbonyl (C=O) groups is 1. The SMILES string of the molecule is Cc1cc(N)c(NC(=O)c2csc3ccccc23)c(Br)c1. The summed E-state index contributed by atoms with van der Waals surface area (Å²) in [6, 6.07) is 11.6. The lowest BCUT2D eigenvalue weighted by Gasteiger charge is -2.11. The number of fused-ring (bicyclic) bond motifs is 1. The van der Waals surface area contributed by atoms with Gasteiger partial charge in [-0.25, -0.2) is 0 Å². The largest absolute Gasteiger partial charge is 0.397 e. The highest BCUT2D eigenvalue weighted by atomic mass is 79.9. The zero-order valence-electron chi connectivity index (χ0n) is 11.3. The lowest BCUT2D eigenvalue weighted by molar-refractivity contribution is 0.102.